The Balaban J connectivity index is 2.41. The van der Waals surface area contributed by atoms with Crippen molar-refractivity contribution < 1.29 is 18.6 Å². The van der Waals surface area contributed by atoms with Crippen LogP contribution in [0.5, 0.6) is 0 Å². The van der Waals surface area contributed by atoms with Gasteiger partial charge in [-0.25, -0.2) is 9.18 Å². The first-order valence-electron chi connectivity index (χ1n) is 5.42. The van der Waals surface area contributed by atoms with E-state index in [9.17, 15) is 23.5 Å². The van der Waals surface area contributed by atoms with E-state index in [0.29, 0.717) is 15.2 Å². The maximum atomic E-state index is 13.9. The SMILES string of the molecule is O=c1[nH]c(=O)n([C@@H]2O[C@@](CO)(CI)C[C@@H]2F)cc1F. The van der Waals surface area contributed by atoms with Gasteiger partial charge in [0.1, 0.15) is 11.8 Å². The van der Waals surface area contributed by atoms with Gasteiger partial charge in [-0.1, -0.05) is 22.6 Å². The number of nitrogens with one attached hydrogen (secondary N) is 1. The molecule has 19 heavy (non-hydrogen) atoms. The number of aliphatic hydroxyl groups excluding tert-OH is 1. The van der Waals surface area contributed by atoms with E-state index in [4.69, 9.17) is 4.74 Å². The molecule has 0 amide bonds. The van der Waals surface area contributed by atoms with Crippen molar-refractivity contribution in [1.29, 1.82) is 0 Å². The molecule has 106 valence electrons. The average Bonchev–Trinajstić information content (AvgIpc) is 2.72. The Morgan fingerprint density at radius 3 is 2.84 bits per heavy atom. The Hall–Kier alpha value is -0.810. The van der Waals surface area contributed by atoms with Gasteiger partial charge in [-0.05, 0) is 0 Å². The topological polar surface area (TPSA) is 84.3 Å². The fourth-order valence-electron chi connectivity index (χ4n) is 1.95. The van der Waals surface area contributed by atoms with E-state index in [0.717, 1.165) is 0 Å². The zero-order valence-electron chi connectivity index (χ0n) is 9.61. The number of rotatable bonds is 3. The number of hydrogen-bond acceptors (Lipinski definition) is 4. The van der Waals surface area contributed by atoms with Crippen LogP contribution in [0, 0.1) is 5.82 Å². The molecule has 1 fully saturated rings. The zero-order valence-corrected chi connectivity index (χ0v) is 11.8. The van der Waals surface area contributed by atoms with Crippen LogP contribution in [0.15, 0.2) is 15.8 Å². The summed E-state index contributed by atoms with van der Waals surface area (Å²) in [4.78, 5) is 24.2. The van der Waals surface area contributed by atoms with Gasteiger partial charge in [-0.15, -0.1) is 0 Å². The van der Waals surface area contributed by atoms with Gasteiger partial charge in [0.2, 0.25) is 5.82 Å². The molecule has 1 saturated heterocycles. The van der Waals surface area contributed by atoms with Gasteiger partial charge in [0.25, 0.3) is 5.56 Å². The van der Waals surface area contributed by atoms with Crippen LogP contribution in [0.2, 0.25) is 0 Å². The summed E-state index contributed by atoms with van der Waals surface area (Å²) in [5.74, 6) is -1.20. The van der Waals surface area contributed by atoms with E-state index in [1.165, 1.54) is 0 Å². The number of hydrogen-bond donors (Lipinski definition) is 2. The van der Waals surface area contributed by atoms with Gasteiger partial charge in [0.05, 0.1) is 12.8 Å². The predicted molar refractivity (Wildman–Crippen MR) is 69.6 cm³/mol. The molecule has 0 aromatic carbocycles. The Labute approximate surface area is 119 Å². The standard InChI is InChI=1S/C10H11F2IN2O4/c11-5-1-10(3-13,4-16)19-8(5)15-2-6(12)7(17)14-9(15)18/h2,5,8,16H,1,3-4H2,(H,14,17,18)/t5-,8+,10+/m0/s1. The molecule has 0 bridgehead atoms. The molecule has 9 heteroatoms. The van der Waals surface area contributed by atoms with Gasteiger partial charge in [0.15, 0.2) is 6.23 Å². The first-order valence-corrected chi connectivity index (χ1v) is 6.95. The van der Waals surface area contributed by atoms with E-state index in [2.05, 4.69) is 0 Å². The molecule has 1 aliphatic rings. The van der Waals surface area contributed by atoms with Crippen molar-refractivity contribution in [1.82, 2.24) is 9.55 Å². The van der Waals surface area contributed by atoms with Crippen LogP contribution in [-0.4, -0.2) is 37.5 Å². The highest BCUT2D eigenvalue weighted by molar-refractivity contribution is 14.1. The number of nitrogens with zero attached hydrogens (tertiary/aromatic N) is 1. The van der Waals surface area contributed by atoms with Crippen LogP contribution in [0.25, 0.3) is 0 Å². The third kappa shape index (κ3) is 2.58. The van der Waals surface area contributed by atoms with Crippen molar-refractivity contribution in [3.8, 4) is 0 Å². The van der Waals surface area contributed by atoms with Gasteiger partial charge in [-0.3, -0.25) is 14.3 Å². The third-order valence-corrected chi connectivity index (χ3v) is 4.37. The highest BCUT2D eigenvalue weighted by Crippen LogP contribution is 2.38. The molecule has 0 spiro atoms. The lowest BCUT2D eigenvalue weighted by Crippen LogP contribution is -2.38. The fourth-order valence-corrected chi connectivity index (χ4v) is 2.68. The molecule has 1 aromatic rings. The Kier molecular flexibility index (Phi) is 4.06. The number of H-pyrrole nitrogens is 1. The van der Waals surface area contributed by atoms with Crippen molar-refractivity contribution in [2.75, 3.05) is 11.0 Å². The van der Waals surface area contributed by atoms with Crippen molar-refractivity contribution >= 4 is 22.6 Å². The van der Waals surface area contributed by atoms with Gasteiger partial charge in [0, 0.05) is 10.8 Å². The predicted octanol–water partition coefficient (Wildman–Crippen LogP) is 0.0988. The maximum absolute atomic E-state index is 13.9. The molecular weight excluding hydrogens is 377 g/mol. The Morgan fingerprint density at radius 2 is 2.32 bits per heavy atom. The number of alkyl halides is 2. The van der Waals surface area contributed by atoms with E-state index >= 15 is 0 Å². The number of ether oxygens (including phenoxy) is 1. The minimum Gasteiger partial charge on any atom is -0.393 e. The summed E-state index contributed by atoms with van der Waals surface area (Å²) < 4.78 is 33.4. The summed E-state index contributed by atoms with van der Waals surface area (Å²) in [7, 11) is 0. The van der Waals surface area contributed by atoms with Crippen LogP contribution >= 0.6 is 22.6 Å². The van der Waals surface area contributed by atoms with E-state index in [1.807, 2.05) is 22.6 Å². The highest BCUT2D eigenvalue weighted by atomic mass is 127. The van der Waals surface area contributed by atoms with E-state index in [-0.39, 0.29) is 6.42 Å². The molecule has 0 aliphatic carbocycles. The maximum Gasteiger partial charge on any atom is 0.330 e. The van der Waals surface area contributed by atoms with Crippen molar-refractivity contribution in [2.45, 2.75) is 24.4 Å². The lowest BCUT2D eigenvalue weighted by molar-refractivity contribution is -0.0913. The van der Waals surface area contributed by atoms with Crippen LogP contribution in [0.3, 0.4) is 0 Å². The largest absolute Gasteiger partial charge is 0.393 e. The summed E-state index contributed by atoms with van der Waals surface area (Å²) in [6.07, 6.45) is -2.44. The molecule has 0 saturated carbocycles. The van der Waals surface area contributed by atoms with Crippen molar-refractivity contribution in [2.24, 2.45) is 0 Å². The summed E-state index contributed by atoms with van der Waals surface area (Å²) >= 11 is 1.93. The van der Waals surface area contributed by atoms with Crippen molar-refractivity contribution in [3.05, 3.63) is 32.9 Å². The second-order valence-corrected chi connectivity index (χ2v) is 5.11. The smallest absolute Gasteiger partial charge is 0.330 e. The van der Waals surface area contributed by atoms with Gasteiger partial charge < -0.3 is 9.84 Å². The first kappa shape index (κ1) is 14.6. The Bertz CT molecular complexity index is 584. The summed E-state index contributed by atoms with van der Waals surface area (Å²) in [5.41, 5.74) is -3.23. The summed E-state index contributed by atoms with van der Waals surface area (Å²) in [5, 5.41) is 9.25. The quantitative estimate of drug-likeness (QED) is 0.569. The molecule has 0 radical (unpaired) electrons. The lowest BCUT2D eigenvalue weighted by Gasteiger charge is -2.24. The lowest BCUT2D eigenvalue weighted by atomic mass is 10.0. The third-order valence-electron chi connectivity index (χ3n) is 2.98. The fraction of sp³-hybridized carbons (Fsp3) is 0.600. The van der Waals surface area contributed by atoms with Crippen LogP contribution in [0.4, 0.5) is 8.78 Å². The number of aliphatic hydroxyl groups is 1. The second kappa shape index (κ2) is 5.29. The van der Waals surface area contributed by atoms with Crippen molar-refractivity contribution in [3.63, 3.8) is 0 Å². The Morgan fingerprint density at radius 1 is 1.63 bits per heavy atom. The van der Waals surface area contributed by atoms with E-state index < -0.39 is 41.7 Å². The number of halogens is 3. The zero-order chi connectivity index (χ0) is 14.2. The molecule has 6 nitrogen and oxygen atoms in total. The number of aromatic nitrogens is 2. The average molecular weight is 388 g/mol. The molecule has 1 aromatic heterocycles. The summed E-state index contributed by atoms with van der Waals surface area (Å²) in [6, 6.07) is 0. The van der Waals surface area contributed by atoms with E-state index in [1.54, 1.807) is 4.98 Å². The molecule has 2 rings (SSSR count). The van der Waals surface area contributed by atoms with Crippen LogP contribution < -0.4 is 11.2 Å². The monoisotopic (exact) mass is 388 g/mol. The van der Waals surface area contributed by atoms with Crippen LogP contribution in [0.1, 0.15) is 12.6 Å². The second-order valence-electron chi connectivity index (χ2n) is 4.35. The molecule has 2 heterocycles. The molecule has 0 unspecified atom stereocenters. The normalized spacial score (nSPS) is 30.7. The molecular formula is C10H11F2IN2O4. The molecule has 2 N–H and O–H groups in total. The van der Waals surface area contributed by atoms with Gasteiger partial charge in [-0.2, -0.15) is 4.39 Å². The van der Waals surface area contributed by atoms with Gasteiger partial charge >= 0.3 is 5.69 Å². The molecule has 3 atom stereocenters. The minimum absolute atomic E-state index is 0.107. The summed E-state index contributed by atoms with van der Waals surface area (Å²) in [6.45, 7) is -0.409. The highest BCUT2D eigenvalue weighted by Gasteiger charge is 2.47. The molecule has 1 aliphatic heterocycles. The first-order chi connectivity index (χ1) is 8.92. The van der Waals surface area contributed by atoms with Crippen LogP contribution in [-0.2, 0) is 4.74 Å². The number of aromatic amines is 1. The minimum atomic E-state index is -1.58.